The van der Waals surface area contributed by atoms with Crippen molar-refractivity contribution in [2.45, 2.75) is 44.7 Å². The maximum Gasteiger partial charge on any atom is 0.101 e. The normalized spacial score (nSPS) is 26.0. The van der Waals surface area contributed by atoms with E-state index in [-0.39, 0.29) is 0 Å². The molecule has 3 rings (SSSR count). The van der Waals surface area contributed by atoms with Gasteiger partial charge in [-0.3, -0.25) is 0 Å². The Labute approximate surface area is 115 Å². The maximum atomic E-state index is 9.38. The van der Waals surface area contributed by atoms with Crippen LogP contribution in [0.15, 0.2) is 18.2 Å². The quantitative estimate of drug-likeness (QED) is 0.884. The standard InChI is InChI=1S/C16H21N3/c17-10-12-5-6-16(14(9-12)11-18)19-8-7-13-3-1-2-4-15(13)19/h5-6,9,13,15H,1-4,7-8,10,17H2. The second-order valence-electron chi connectivity index (χ2n) is 5.76. The zero-order chi connectivity index (χ0) is 13.2. The van der Waals surface area contributed by atoms with E-state index < -0.39 is 0 Å². The van der Waals surface area contributed by atoms with Crippen molar-refractivity contribution in [1.29, 1.82) is 5.26 Å². The molecule has 0 spiro atoms. The van der Waals surface area contributed by atoms with Crippen molar-refractivity contribution in [3.63, 3.8) is 0 Å². The van der Waals surface area contributed by atoms with Gasteiger partial charge in [-0.15, -0.1) is 0 Å². The van der Waals surface area contributed by atoms with Crippen molar-refractivity contribution in [1.82, 2.24) is 0 Å². The van der Waals surface area contributed by atoms with Crippen LogP contribution in [0.5, 0.6) is 0 Å². The van der Waals surface area contributed by atoms with Crippen LogP contribution in [-0.2, 0) is 6.54 Å². The Balaban J connectivity index is 1.92. The highest BCUT2D eigenvalue weighted by Gasteiger charge is 2.36. The average Bonchev–Trinajstić information content (AvgIpc) is 2.90. The summed E-state index contributed by atoms with van der Waals surface area (Å²) >= 11 is 0. The van der Waals surface area contributed by atoms with Gasteiger partial charge in [0, 0.05) is 19.1 Å². The molecule has 0 amide bonds. The van der Waals surface area contributed by atoms with E-state index in [1.165, 1.54) is 32.1 Å². The van der Waals surface area contributed by atoms with E-state index in [1.807, 2.05) is 6.07 Å². The smallest absolute Gasteiger partial charge is 0.101 e. The van der Waals surface area contributed by atoms with Crippen molar-refractivity contribution >= 4 is 5.69 Å². The second-order valence-corrected chi connectivity index (χ2v) is 5.76. The lowest BCUT2D eigenvalue weighted by molar-refractivity contribution is 0.342. The molecule has 2 unspecified atom stereocenters. The van der Waals surface area contributed by atoms with Crippen molar-refractivity contribution in [3.05, 3.63) is 29.3 Å². The third kappa shape index (κ3) is 2.21. The van der Waals surface area contributed by atoms with Crippen LogP contribution < -0.4 is 10.6 Å². The minimum absolute atomic E-state index is 0.501. The SMILES string of the molecule is N#Cc1cc(CN)ccc1N1CCC2CCCCC21. The lowest BCUT2D eigenvalue weighted by Crippen LogP contribution is -2.35. The number of fused-ring (bicyclic) bond motifs is 1. The van der Waals surface area contributed by atoms with E-state index in [9.17, 15) is 5.26 Å². The van der Waals surface area contributed by atoms with Gasteiger partial charge in [-0.25, -0.2) is 0 Å². The summed E-state index contributed by atoms with van der Waals surface area (Å²) in [6, 6.07) is 9.11. The van der Waals surface area contributed by atoms with Crippen LogP contribution in [0.1, 0.15) is 43.2 Å². The van der Waals surface area contributed by atoms with E-state index in [4.69, 9.17) is 5.73 Å². The molecule has 1 saturated heterocycles. The van der Waals surface area contributed by atoms with Gasteiger partial charge in [0.05, 0.1) is 11.3 Å². The summed E-state index contributed by atoms with van der Waals surface area (Å²) in [5.41, 5.74) is 8.61. The number of benzene rings is 1. The van der Waals surface area contributed by atoms with Gasteiger partial charge in [0.15, 0.2) is 0 Å². The summed E-state index contributed by atoms with van der Waals surface area (Å²) in [7, 11) is 0. The van der Waals surface area contributed by atoms with Crippen molar-refractivity contribution in [3.8, 4) is 6.07 Å². The minimum atomic E-state index is 0.501. The van der Waals surface area contributed by atoms with Crippen molar-refractivity contribution in [2.24, 2.45) is 11.7 Å². The molecule has 1 aliphatic carbocycles. The molecule has 0 aromatic heterocycles. The van der Waals surface area contributed by atoms with Gasteiger partial charge in [-0.05, 0) is 42.9 Å². The second kappa shape index (κ2) is 5.22. The monoisotopic (exact) mass is 255 g/mol. The molecule has 2 fully saturated rings. The fraction of sp³-hybridized carbons (Fsp3) is 0.562. The maximum absolute atomic E-state index is 9.38. The molecule has 0 radical (unpaired) electrons. The summed E-state index contributed by atoms with van der Waals surface area (Å²) in [6.45, 7) is 1.60. The molecule has 3 nitrogen and oxygen atoms in total. The third-order valence-corrected chi connectivity index (χ3v) is 4.74. The molecule has 2 atom stereocenters. The van der Waals surface area contributed by atoms with Crippen LogP contribution in [-0.4, -0.2) is 12.6 Å². The van der Waals surface area contributed by atoms with Crippen LogP contribution in [0.25, 0.3) is 0 Å². The molecule has 1 aromatic carbocycles. The fourth-order valence-corrected chi connectivity index (χ4v) is 3.76. The van der Waals surface area contributed by atoms with Gasteiger partial charge in [0.1, 0.15) is 6.07 Å². The van der Waals surface area contributed by atoms with E-state index in [2.05, 4.69) is 23.1 Å². The Morgan fingerprint density at radius 2 is 2.11 bits per heavy atom. The van der Waals surface area contributed by atoms with Gasteiger partial charge in [-0.1, -0.05) is 18.9 Å². The predicted octanol–water partition coefficient (Wildman–Crippen LogP) is 2.79. The lowest BCUT2D eigenvalue weighted by atomic mass is 9.85. The number of hydrogen-bond acceptors (Lipinski definition) is 3. The number of hydrogen-bond donors (Lipinski definition) is 1. The summed E-state index contributed by atoms with van der Waals surface area (Å²) in [5, 5.41) is 9.38. The Morgan fingerprint density at radius 3 is 2.89 bits per heavy atom. The first-order chi connectivity index (χ1) is 9.33. The Bertz CT molecular complexity index is 503. The number of nitrogens with two attached hydrogens (primary N) is 1. The van der Waals surface area contributed by atoms with Gasteiger partial charge >= 0.3 is 0 Å². The molecule has 1 heterocycles. The van der Waals surface area contributed by atoms with Crippen LogP contribution in [0, 0.1) is 17.2 Å². The summed E-state index contributed by atoms with van der Waals surface area (Å²) in [4.78, 5) is 2.47. The molecule has 100 valence electrons. The number of rotatable bonds is 2. The number of nitrogens with zero attached hydrogens (tertiary/aromatic N) is 2. The van der Waals surface area contributed by atoms with E-state index in [0.29, 0.717) is 12.6 Å². The molecule has 3 heteroatoms. The summed E-state index contributed by atoms with van der Waals surface area (Å²) in [5.74, 6) is 0.842. The Morgan fingerprint density at radius 1 is 1.26 bits per heavy atom. The zero-order valence-corrected chi connectivity index (χ0v) is 11.3. The van der Waals surface area contributed by atoms with E-state index >= 15 is 0 Å². The molecular formula is C16H21N3. The largest absolute Gasteiger partial charge is 0.367 e. The van der Waals surface area contributed by atoms with Crippen LogP contribution >= 0.6 is 0 Å². The van der Waals surface area contributed by atoms with Crippen molar-refractivity contribution < 1.29 is 0 Å². The Hall–Kier alpha value is -1.53. The molecule has 1 aliphatic heterocycles. The van der Waals surface area contributed by atoms with E-state index in [0.717, 1.165) is 29.3 Å². The van der Waals surface area contributed by atoms with E-state index in [1.54, 1.807) is 0 Å². The molecule has 2 aliphatic rings. The molecule has 2 N–H and O–H groups in total. The number of nitriles is 1. The first-order valence-corrected chi connectivity index (χ1v) is 7.33. The topological polar surface area (TPSA) is 53.1 Å². The lowest BCUT2D eigenvalue weighted by Gasteiger charge is -2.33. The predicted molar refractivity (Wildman–Crippen MR) is 76.8 cm³/mol. The number of anilines is 1. The summed E-state index contributed by atoms with van der Waals surface area (Å²) in [6.07, 6.45) is 6.65. The molecule has 19 heavy (non-hydrogen) atoms. The fourth-order valence-electron chi connectivity index (χ4n) is 3.76. The van der Waals surface area contributed by atoms with Crippen LogP contribution in [0.2, 0.25) is 0 Å². The van der Waals surface area contributed by atoms with Crippen LogP contribution in [0.4, 0.5) is 5.69 Å². The molecule has 0 bridgehead atoms. The van der Waals surface area contributed by atoms with Gasteiger partial charge in [0.25, 0.3) is 0 Å². The first kappa shape index (κ1) is 12.5. The highest BCUT2D eigenvalue weighted by atomic mass is 15.2. The summed E-state index contributed by atoms with van der Waals surface area (Å²) < 4.78 is 0. The highest BCUT2D eigenvalue weighted by Crippen LogP contribution is 2.39. The zero-order valence-electron chi connectivity index (χ0n) is 11.3. The Kier molecular flexibility index (Phi) is 3.44. The first-order valence-electron chi connectivity index (χ1n) is 7.33. The molecule has 1 aromatic rings. The molecule has 1 saturated carbocycles. The minimum Gasteiger partial charge on any atom is -0.367 e. The van der Waals surface area contributed by atoms with Crippen LogP contribution in [0.3, 0.4) is 0 Å². The third-order valence-electron chi connectivity index (χ3n) is 4.74. The highest BCUT2D eigenvalue weighted by molar-refractivity contribution is 5.61. The molecular weight excluding hydrogens is 234 g/mol. The van der Waals surface area contributed by atoms with Gasteiger partial charge < -0.3 is 10.6 Å². The average molecular weight is 255 g/mol. The van der Waals surface area contributed by atoms with Gasteiger partial charge in [-0.2, -0.15) is 5.26 Å². The van der Waals surface area contributed by atoms with Crippen molar-refractivity contribution in [2.75, 3.05) is 11.4 Å². The van der Waals surface area contributed by atoms with Gasteiger partial charge in [0.2, 0.25) is 0 Å².